The zero-order chi connectivity index (χ0) is 21.5. The van der Waals surface area contributed by atoms with Crippen LogP contribution in [0.25, 0.3) is 0 Å². The molecule has 3 atom stereocenters. The van der Waals surface area contributed by atoms with E-state index < -0.39 is 8.32 Å². The molecule has 2 rings (SSSR count). The van der Waals surface area contributed by atoms with E-state index in [4.69, 9.17) is 4.43 Å². The van der Waals surface area contributed by atoms with Crippen molar-refractivity contribution in [2.45, 2.75) is 58.6 Å². The van der Waals surface area contributed by atoms with Crippen molar-refractivity contribution in [3.63, 3.8) is 0 Å². The van der Waals surface area contributed by atoms with Gasteiger partial charge in [0.2, 0.25) is 0 Å². The lowest BCUT2D eigenvalue weighted by Gasteiger charge is -2.43. The van der Waals surface area contributed by atoms with Gasteiger partial charge in [-0.2, -0.15) is 0 Å². The maximum atomic E-state index is 10.4. The van der Waals surface area contributed by atoms with Crippen molar-refractivity contribution in [2.24, 2.45) is 11.8 Å². The van der Waals surface area contributed by atoms with Crippen LogP contribution in [0.15, 0.2) is 73.3 Å². The highest BCUT2D eigenvalue weighted by Crippen LogP contribution is 2.37. The average Bonchev–Trinajstić information content (AvgIpc) is 2.73. The fourth-order valence-corrected chi connectivity index (χ4v) is 8.83. The molecule has 0 spiro atoms. The number of hydrogen-bond acceptors (Lipinski definition) is 2. The van der Waals surface area contributed by atoms with Gasteiger partial charge in [0.15, 0.2) is 0 Å². The van der Waals surface area contributed by atoms with E-state index in [1.807, 2.05) is 13.0 Å². The summed E-state index contributed by atoms with van der Waals surface area (Å²) in [6, 6.07) is 21.5. The van der Waals surface area contributed by atoms with Crippen LogP contribution in [0.4, 0.5) is 0 Å². The van der Waals surface area contributed by atoms with Gasteiger partial charge in [-0.3, -0.25) is 0 Å². The molecule has 0 unspecified atom stereocenters. The summed E-state index contributed by atoms with van der Waals surface area (Å²) in [5, 5.41) is 13.0. The lowest BCUT2D eigenvalue weighted by Crippen LogP contribution is -2.66. The minimum absolute atomic E-state index is 0.00179. The maximum Gasteiger partial charge on any atom is 0.261 e. The Hall–Kier alpha value is -1.68. The fraction of sp³-hybridized carbons (Fsp3) is 0.462. The molecule has 0 bridgehead atoms. The van der Waals surface area contributed by atoms with Gasteiger partial charge in [-0.15, -0.1) is 6.58 Å². The molecule has 158 valence electrons. The van der Waals surface area contributed by atoms with Gasteiger partial charge in [-0.25, -0.2) is 0 Å². The molecule has 0 radical (unpaired) electrons. The summed E-state index contributed by atoms with van der Waals surface area (Å²) in [4.78, 5) is 0. The van der Waals surface area contributed by atoms with Gasteiger partial charge in [0.05, 0.1) is 6.10 Å². The van der Waals surface area contributed by atoms with Crippen LogP contribution in [0.1, 0.15) is 47.5 Å². The van der Waals surface area contributed by atoms with Crippen molar-refractivity contribution in [2.75, 3.05) is 6.61 Å². The fourth-order valence-electron chi connectivity index (χ4n) is 4.22. The first-order valence-electron chi connectivity index (χ1n) is 10.8. The molecule has 0 aliphatic carbocycles. The van der Waals surface area contributed by atoms with E-state index in [9.17, 15) is 5.11 Å². The van der Waals surface area contributed by atoms with Crippen LogP contribution in [0, 0.1) is 11.8 Å². The van der Waals surface area contributed by atoms with Gasteiger partial charge < -0.3 is 9.53 Å². The zero-order valence-electron chi connectivity index (χ0n) is 18.8. The number of aliphatic hydroxyl groups excluding tert-OH is 1. The second kappa shape index (κ2) is 10.4. The van der Waals surface area contributed by atoms with Gasteiger partial charge in [0.25, 0.3) is 8.32 Å². The van der Waals surface area contributed by atoms with Gasteiger partial charge in [0.1, 0.15) is 0 Å². The molecule has 0 saturated heterocycles. The Labute approximate surface area is 178 Å². The summed E-state index contributed by atoms with van der Waals surface area (Å²) >= 11 is 0. The highest BCUT2D eigenvalue weighted by molar-refractivity contribution is 6.99. The Bertz CT molecular complexity index is 697. The third kappa shape index (κ3) is 5.47. The van der Waals surface area contributed by atoms with Crippen LogP contribution < -0.4 is 10.4 Å². The van der Waals surface area contributed by atoms with E-state index in [1.165, 1.54) is 10.4 Å². The lowest BCUT2D eigenvalue weighted by atomic mass is 9.90. The largest absolute Gasteiger partial charge is 0.407 e. The molecule has 2 nitrogen and oxygen atoms in total. The molecule has 0 heterocycles. The van der Waals surface area contributed by atoms with Gasteiger partial charge in [-0.05, 0) is 40.1 Å². The van der Waals surface area contributed by atoms with Gasteiger partial charge >= 0.3 is 0 Å². The van der Waals surface area contributed by atoms with E-state index in [-0.39, 0.29) is 23.0 Å². The number of aliphatic hydroxyl groups is 1. The average molecular weight is 411 g/mol. The van der Waals surface area contributed by atoms with E-state index in [2.05, 4.69) is 94.9 Å². The normalized spacial score (nSPS) is 15.5. The van der Waals surface area contributed by atoms with Gasteiger partial charge in [0, 0.05) is 6.61 Å². The van der Waals surface area contributed by atoms with Crippen LogP contribution in [0.3, 0.4) is 0 Å². The maximum absolute atomic E-state index is 10.4. The van der Waals surface area contributed by atoms with Crippen molar-refractivity contribution < 1.29 is 9.53 Å². The monoisotopic (exact) mass is 410 g/mol. The van der Waals surface area contributed by atoms with Crippen LogP contribution in [-0.2, 0) is 4.43 Å². The second-order valence-electron chi connectivity index (χ2n) is 9.22. The molecule has 2 aromatic rings. The van der Waals surface area contributed by atoms with Gasteiger partial charge in [-0.1, -0.05) is 101 Å². The SMILES string of the molecule is C=C[C@@H](C)[C@@H](O)[C@H](C)CCCO[Si](c1ccccc1)(c1ccccc1)C(C)(C)C. The molecule has 2 aromatic carbocycles. The number of rotatable bonds is 10. The molecular formula is C26H38O2Si. The number of benzene rings is 2. The predicted molar refractivity (Wildman–Crippen MR) is 127 cm³/mol. The third-order valence-electron chi connectivity index (χ3n) is 6.03. The molecule has 0 aliphatic rings. The standard InChI is InChI=1S/C26H38O2Si/c1-7-21(2)25(27)22(3)15-14-20-28-29(26(4,5)6,23-16-10-8-11-17-23)24-18-12-9-13-19-24/h7-13,16-19,21-22,25,27H,1,14-15,20H2,2-6H3/t21-,22-,25-/m1/s1. The van der Waals surface area contributed by atoms with Crippen molar-refractivity contribution in [1.29, 1.82) is 0 Å². The van der Waals surface area contributed by atoms with E-state index in [1.54, 1.807) is 0 Å². The smallest absolute Gasteiger partial charge is 0.261 e. The molecule has 3 heteroatoms. The zero-order valence-corrected chi connectivity index (χ0v) is 19.8. The van der Waals surface area contributed by atoms with E-state index in [0.717, 1.165) is 12.8 Å². The molecular weight excluding hydrogens is 372 g/mol. The summed E-state index contributed by atoms with van der Waals surface area (Å²) in [7, 11) is -2.46. The molecule has 1 N–H and O–H groups in total. The van der Waals surface area contributed by atoms with Crippen molar-refractivity contribution in [3.8, 4) is 0 Å². The van der Waals surface area contributed by atoms with Crippen molar-refractivity contribution in [1.82, 2.24) is 0 Å². The quantitative estimate of drug-likeness (QED) is 0.333. The van der Waals surface area contributed by atoms with Crippen LogP contribution in [0.5, 0.6) is 0 Å². The predicted octanol–water partition coefficient (Wildman–Crippen LogP) is 5.16. The van der Waals surface area contributed by atoms with Crippen molar-refractivity contribution >= 4 is 18.7 Å². The molecule has 0 fully saturated rings. The molecule has 0 amide bonds. The minimum Gasteiger partial charge on any atom is -0.407 e. The number of hydrogen-bond donors (Lipinski definition) is 1. The summed E-state index contributed by atoms with van der Waals surface area (Å²) in [5.41, 5.74) is 0. The van der Waals surface area contributed by atoms with Crippen LogP contribution in [0.2, 0.25) is 5.04 Å². The van der Waals surface area contributed by atoms with Crippen LogP contribution in [-0.4, -0.2) is 26.1 Å². The summed E-state index contributed by atoms with van der Waals surface area (Å²) in [5.74, 6) is 0.341. The lowest BCUT2D eigenvalue weighted by molar-refractivity contribution is 0.0758. The Morgan fingerprint density at radius 2 is 1.45 bits per heavy atom. The second-order valence-corrected chi connectivity index (χ2v) is 13.5. The molecule has 0 aromatic heterocycles. The Kier molecular flexibility index (Phi) is 8.44. The first-order valence-corrected chi connectivity index (χ1v) is 12.7. The third-order valence-corrected chi connectivity index (χ3v) is 11.1. The molecule has 0 aliphatic heterocycles. The molecule has 0 saturated carbocycles. The highest BCUT2D eigenvalue weighted by atomic mass is 28.4. The Morgan fingerprint density at radius 1 is 0.966 bits per heavy atom. The van der Waals surface area contributed by atoms with E-state index >= 15 is 0 Å². The summed E-state index contributed by atoms with van der Waals surface area (Å²) in [6.07, 6.45) is 3.37. The van der Waals surface area contributed by atoms with Crippen molar-refractivity contribution in [3.05, 3.63) is 73.3 Å². The van der Waals surface area contributed by atoms with E-state index in [0.29, 0.717) is 6.61 Å². The Morgan fingerprint density at radius 3 is 1.86 bits per heavy atom. The minimum atomic E-state index is -2.46. The first-order chi connectivity index (χ1) is 13.7. The Balaban J connectivity index is 2.24. The summed E-state index contributed by atoms with van der Waals surface area (Å²) < 4.78 is 6.92. The first kappa shape index (κ1) is 23.6. The summed E-state index contributed by atoms with van der Waals surface area (Å²) in [6.45, 7) is 15.6. The topological polar surface area (TPSA) is 29.5 Å². The van der Waals surface area contributed by atoms with Crippen LogP contribution >= 0.6 is 0 Å². The molecule has 29 heavy (non-hydrogen) atoms. The highest BCUT2D eigenvalue weighted by Gasteiger charge is 2.49.